The molecule has 4 heteroatoms. The van der Waals surface area contributed by atoms with Crippen LogP contribution in [0.2, 0.25) is 0 Å². The second kappa shape index (κ2) is 8.11. The van der Waals surface area contributed by atoms with E-state index in [9.17, 15) is 4.79 Å². The SMILES string of the molecule is CCOC(=O)/C=C\c1ccc(C(c2ccccc2)n2ccnc2)cc1. The number of rotatable bonds is 6. The molecule has 25 heavy (non-hydrogen) atoms. The number of carbonyl (C=O) groups excluding carboxylic acids is 1. The van der Waals surface area contributed by atoms with Gasteiger partial charge in [-0.2, -0.15) is 0 Å². The van der Waals surface area contributed by atoms with Crippen molar-refractivity contribution in [3.8, 4) is 0 Å². The second-order valence-corrected chi connectivity index (χ2v) is 5.58. The Balaban J connectivity index is 1.86. The molecule has 0 amide bonds. The summed E-state index contributed by atoms with van der Waals surface area (Å²) in [5.74, 6) is -0.327. The van der Waals surface area contributed by atoms with Crippen molar-refractivity contribution in [2.24, 2.45) is 0 Å². The molecule has 4 nitrogen and oxygen atoms in total. The summed E-state index contributed by atoms with van der Waals surface area (Å²) in [7, 11) is 0. The van der Waals surface area contributed by atoms with Crippen molar-refractivity contribution in [2.45, 2.75) is 13.0 Å². The van der Waals surface area contributed by atoms with Crippen LogP contribution < -0.4 is 0 Å². The van der Waals surface area contributed by atoms with E-state index in [1.807, 2.05) is 42.9 Å². The molecule has 0 N–H and O–H groups in total. The number of aromatic nitrogens is 2. The first-order valence-electron chi connectivity index (χ1n) is 8.25. The summed E-state index contributed by atoms with van der Waals surface area (Å²) >= 11 is 0. The number of hydrogen-bond donors (Lipinski definition) is 0. The summed E-state index contributed by atoms with van der Waals surface area (Å²) < 4.78 is 6.98. The van der Waals surface area contributed by atoms with Crippen LogP contribution in [0, 0.1) is 0 Å². The number of nitrogens with zero attached hydrogens (tertiary/aromatic N) is 2. The summed E-state index contributed by atoms with van der Waals surface area (Å²) in [4.78, 5) is 15.6. The molecule has 1 unspecified atom stereocenters. The zero-order chi connectivity index (χ0) is 17.5. The zero-order valence-corrected chi connectivity index (χ0v) is 14.1. The predicted molar refractivity (Wildman–Crippen MR) is 98.0 cm³/mol. The van der Waals surface area contributed by atoms with Crippen molar-refractivity contribution in [3.05, 3.63) is 96.1 Å². The van der Waals surface area contributed by atoms with E-state index >= 15 is 0 Å². The molecular weight excluding hydrogens is 312 g/mol. The van der Waals surface area contributed by atoms with E-state index in [0.717, 1.165) is 11.1 Å². The van der Waals surface area contributed by atoms with E-state index in [4.69, 9.17) is 4.74 Å². The standard InChI is InChI=1S/C21H20N2O2/c1-2-25-20(24)13-10-17-8-11-19(12-9-17)21(23-15-14-22-16-23)18-6-4-3-5-7-18/h3-16,21H,2H2,1H3/b13-10-. The first-order chi connectivity index (χ1) is 12.3. The van der Waals surface area contributed by atoms with Crippen molar-refractivity contribution in [1.82, 2.24) is 9.55 Å². The van der Waals surface area contributed by atoms with Crippen LogP contribution in [0.3, 0.4) is 0 Å². The molecule has 1 atom stereocenters. The van der Waals surface area contributed by atoms with Crippen LogP contribution in [0.15, 0.2) is 79.4 Å². The minimum absolute atomic E-state index is 0.0618. The highest BCUT2D eigenvalue weighted by Crippen LogP contribution is 2.26. The van der Waals surface area contributed by atoms with E-state index in [0.29, 0.717) is 6.61 Å². The van der Waals surface area contributed by atoms with Crippen LogP contribution in [0.5, 0.6) is 0 Å². The topological polar surface area (TPSA) is 44.1 Å². The molecule has 0 bridgehead atoms. The molecule has 3 aromatic rings. The monoisotopic (exact) mass is 332 g/mol. The average molecular weight is 332 g/mol. The van der Waals surface area contributed by atoms with Crippen LogP contribution >= 0.6 is 0 Å². The molecule has 1 heterocycles. The molecule has 0 spiro atoms. The van der Waals surface area contributed by atoms with Crippen LogP contribution in [0.1, 0.15) is 29.7 Å². The predicted octanol–water partition coefficient (Wildman–Crippen LogP) is 4.10. The summed E-state index contributed by atoms with van der Waals surface area (Å²) in [6.07, 6.45) is 8.78. The van der Waals surface area contributed by atoms with Crippen molar-refractivity contribution < 1.29 is 9.53 Å². The van der Waals surface area contributed by atoms with Gasteiger partial charge in [0, 0.05) is 18.5 Å². The number of ether oxygens (including phenoxy) is 1. The first kappa shape index (κ1) is 16.7. The number of carbonyl (C=O) groups is 1. The summed E-state index contributed by atoms with van der Waals surface area (Å²) in [6.45, 7) is 2.17. The van der Waals surface area contributed by atoms with E-state index in [-0.39, 0.29) is 12.0 Å². The molecule has 0 aliphatic carbocycles. The van der Waals surface area contributed by atoms with E-state index in [2.05, 4.69) is 33.8 Å². The van der Waals surface area contributed by atoms with Gasteiger partial charge in [0.2, 0.25) is 0 Å². The van der Waals surface area contributed by atoms with Crippen LogP contribution in [-0.4, -0.2) is 22.1 Å². The Morgan fingerprint density at radius 1 is 1.12 bits per heavy atom. The van der Waals surface area contributed by atoms with Gasteiger partial charge in [-0.15, -0.1) is 0 Å². The summed E-state index contributed by atoms with van der Waals surface area (Å²) in [6, 6.07) is 18.5. The van der Waals surface area contributed by atoms with Gasteiger partial charge < -0.3 is 9.30 Å². The van der Waals surface area contributed by atoms with Gasteiger partial charge in [-0.3, -0.25) is 0 Å². The Morgan fingerprint density at radius 2 is 1.84 bits per heavy atom. The third-order valence-electron chi connectivity index (χ3n) is 3.89. The fourth-order valence-corrected chi connectivity index (χ4v) is 2.74. The molecule has 0 fully saturated rings. The average Bonchev–Trinajstić information content (AvgIpc) is 3.17. The van der Waals surface area contributed by atoms with Gasteiger partial charge in [0.15, 0.2) is 0 Å². The van der Waals surface area contributed by atoms with Gasteiger partial charge >= 0.3 is 5.97 Å². The smallest absolute Gasteiger partial charge is 0.330 e. The van der Waals surface area contributed by atoms with Crippen molar-refractivity contribution in [2.75, 3.05) is 6.61 Å². The third kappa shape index (κ3) is 4.23. The molecule has 0 saturated carbocycles. The lowest BCUT2D eigenvalue weighted by Crippen LogP contribution is -2.10. The second-order valence-electron chi connectivity index (χ2n) is 5.58. The number of benzene rings is 2. The Bertz CT molecular complexity index is 822. The fourth-order valence-electron chi connectivity index (χ4n) is 2.74. The maximum atomic E-state index is 11.4. The number of imidazole rings is 1. The van der Waals surface area contributed by atoms with Gasteiger partial charge in [0.25, 0.3) is 0 Å². The normalized spacial score (nSPS) is 12.2. The molecule has 126 valence electrons. The summed E-state index contributed by atoms with van der Waals surface area (Å²) in [5.41, 5.74) is 3.29. The largest absolute Gasteiger partial charge is 0.463 e. The highest BCUT2D eigenvalue weighted by Gasteiger charge is 2.15. The molecular formula is C21H20N2O2. The van der Waals surface area contributed by atoms with Crippen molar-refractivity contribution in [1.29, 1.82) is 0 Å². The quantitative estimate of drug-likeness (QED) is 0.504. The van der Waals surface area contributed by atoms with Gasteiger partial charge in [-0.1, -0.05) is 54.6 Å². The number of esters is 1. The van der Waals surface area contributed by atoms with Gasteiger partial charge in [-0.05, 0) is 29.7 Å². The first-order valence-corrected chi connectivity index (χ1v) is 8.25. The van der Waals surface area contributed by atoms with E-state index < -0.39 is 0 Å². The Morgan fingerprint density at radius 3 is 2.48 bits per heavy atom. The van der Waals surface area contributed by atoms with Gasteiger partial charge in [0.1, 0.15) is 0 Å². The molecule has 0 aliphatic rings. The minimum Gasteiger partial charge on any atom is -0.463 e. The molecule has 0 radical (unpaired) electrons. The van der Waals surface area contributed by atoms with Crippen molar-refractivity contribution >= 4 is 12.0 Å². The zero-order valence-electron chi connectivity index (χ0n) is 14.1. The van der Waals surface area contributed by atoms with Crippen LogP contribution in [-0.2, 0) is 9.53 Å². The summed E-state index contributed by atoms with van der Waals surface area (Å²) in [5, 5.41) is 0. The lowest BCUT2D eigenvalue weighted by molar-refractivity contribution is -0.137. The highest BCUT2D eigenvalue weighted by molar-refractivity contribution is 5.87. The fraction of sp³-hybridized carbons (Fsp3) is 0.143. The lowest BCUT2D eigenvalue weighted by Gasteiger charge is -2.19. The lowest BCUT2D eigenvalue weighted by atomic mass is 9.97. The molecule has 2 aromatic carbocycles. The van der Waals surface area contributed by atoms with Crippen molar-refractivity contribution in [3.63, 3.8) is 0 Å². The molecule has 0 saturated heterocycles. The van der Waals surface area contributed by atoms with Gasteiger partial charge in [0.05, 0.1) is 19.0 Å². The Kier molecular flexibility index (Phi) is 5.42. The van der Waals surface area contributed by atoms with Crippen LogP contribution in [0.4, 0.5) is 0 Å². The van der Waals surface area contributed by atoms with E-state index in [1.165, 1.54) is 11.6 Å². The van der Waals surface area contributed by atoms with Gasteiger partial charge in [-0.25, -0.2) is 9.78 Å². The molecule has 3 rings (SSSR count). The Labute approximate surface area is 147 Å². The molecule has 1 aromatic heterocycles. The Hall–Kier alpha value is -3.14. The maximum Gasteiger partial charge on any atom is 0.330 e. The highest BCUT2D eigenvalue weighted by atomic mass is 16.5. The minimum atomic E-state index is -0.327. The molecule has 0 aliphatic heterocycles. The number of hydrogen-bond acceptors (Lipinski definition) is 3. The van der Waals surface area contributed by atoms with Crippen LogP contribution in [0.25, 0.3) is 6.08 Å². The third-order valence-corrected chi connectivity index (χ3v) is 3.89. The van der Waals surface area contributed by atoms with E-state index in [1.54, 1.807) is 19.2 Å². The maximum absolute atomic E-state index is 11.4.